The quantitative estimate of drug-likeness (QED) is 0.732. The van der Waals surface area contributed by atoms with Crippen LogP contribution in [0.2, 0.25) is 0 Å². The summed E-state index contributed by atoms with van der Waals surface area (Å²) in [6.45, 7) is 2.29. The Balaban J connectivity index is 1.65. The maximum Gasteiger partial charge on any atom is 0.217 e. The van der Waals surface area contributed by atoms with Gasteiger partial charge in [0.25, 0.3) is 0 Å². The summed E-state index contributed by atoms with van der Waals surface area (Å²) in [6.07, 6.45) is 7.68. The largest absolute Gasteiger partial charge is 0.471 e. The molecule has 4 rings (SSSR count). The van der Waals surface area contributed by atoms with Crippen molar-refractivity contribution in [2.24, 2.45) is 10.9 Å². The van der Waals surface area contributed by atoms with Gasteiger partial charge in [-0.25, -0.2) is 4.99 Å². The fraction of sp³-hybridized carbons (Fsp3) is 0.435. The van der Waals surface area contributed by atoms with Crippen LogP contribution in [0.3, 0.4) is 0 Å². The molecule has 1 aliphatic heterocycles. The summed E-state index contributed by atoms with van der Waals surface area (Å²) in [6, 6.07) is 21.1. The second-order valence-electron chi connectivity index (χ2n) is 7.74. The molecule has 0 amide bonds. The summed E-state index contributed by atoms with van der Waals surface area (Å²) in [5.41, 5.74) is 2.25. The lowest BCUT2D eigenvalue weighted by atomic mass is 9.75. The van der Waals surface area contributed by atoms with E-state index >= 15 is 0 Å². The van der Waals surface area contributed by atoms with Crippen molar-refractivity contribution in [3.8, 4) is 0 Å². The number of hydrogen-bond acceptors (Lipinski definition) is 2. The highest BCUT2D eigenvalue weighted by Crippen LogP contribution is 2.40. The van der Waals surface area contributed by atoms with Crippen LogP contribution in [0.1, 0.15) is 50.2 Å². The van der Waals surface area contributed by atoms with E-state index in [0.717, 1.165) is 17.9 Å². The van der Waals surface area contributed by atoms with Gasteiger partial charge in [-0.15, -0.1) is 0 Å². The van der Waals surface area contributed by atoms with Crippen LogP contribution in [-0.2, 0) is 11.2 Å². The Morgan fingerprint density at radius 2 is 1.56 bits per heavy atom. The molecule has 0 unspecified atom stereocenters. The lowest BCUT2D eigenvalue weighted by molar-refractivity contribution is 0.0631. The predicted molar refractivity (Wildman–Crippen MR) is 103 cm³/mol. The van der Waals surface area contributed by atoms with Crippen LogP contribution in [0.5, 0.6) is 0 Å². The molecule has 0 saturated heterocycles. The molecular weight excluding hydrogens is 306 g/mol. The summed E-state index contributed by atoms with van der Waals surface area (Å²) in [5.74, 6) is 1.45. The molecule has 0 N–H and O–H groups in total. The lowest BCUT2D eigenvalue weighted by Gasteiger charge is -2.35. The molecule has 130 valence electrons. The van der Waals surface area contributed by atoms with Crippen LogP contribution in [0.25, 0.3) is 0 Å². The number of hydrogen-bond donors (Lipinski definition) is 0. The van der Waals surface area contributed by atoms with Gasteiger partial charge in [-0.1, -0.05) is 67.8 Å². The summed E-state index contributed by atoms with van der Waals surface area (Å²) in [7, 11) is 0. The molecule has 2 atom stereocenters. The first kappa shape index (κ1) is 16.4. The van der Waals surface area contributed by atoms with Gasteiger partial charge in [-0.3, -0.25) is 0 Å². The third-order valence-electron chi connectivity index (χ3n) is 5.71. The summed E-state index contributed by atoms with van der Waals surface area (Å²) < 4.78 is 6.52. The molecule has 2 aromatic carbocycles. The lowest BCUT2D eigenvalue weighted by Crippen LogP contribution is -2.43. The number of rotatable bonds is 4. The van der Waals surface area contributed by atoms with Gasteiger partial charge >= 0.3 is 0 Å². The molecule has 0 radical (unpaired) electrons. The molecule has 0 bridgehead atoms. The van der Waals surface area contributed by atoms with E-state index in [9.17, 15) is 0 Å². The monoisotopic (exact) mass is 333 g/mol. The Kier molecular flexibility index (Phi) is 4.61. The predicted octanol–water partition coefficient (Wildman–Crippen LogP) is 5.41. The van der Waals surface area contributed by atoms with Crippen LogP contribution in [0.15, 0.2) is 65.7 Å². The van der Waals surface area contributed by atoms with Gasteiger partial charge in [0.2, 0.25) is 5.90 Å². The van der Waals surface area contributed by atoms with Crippen molar-refractivity contribution >= 4 is 5.90 Å². The second-order valence-corrected chi connectivity index (χ2v) is 7.74. The molecule has 0 spiro atoms. The van der Waals surface area contributed by atoms with Crippen molar-refractivity contribution < 1.29 is 4.74 Å². The zero-order valence-electron chi connectivity index (χ0n) is 15.0. The van der Waals surface area contributed by atoms with Gasteiger partial charge in [0.15, 0.2) is 0 Å². The Labute approximate surface area is 151 Å². The highest BCUT2D eigenvalue weighted by Gasteiger charge is 2.46. The normalized spacial score (nSPS) is 26.9. The van der Waals surface area contributed by atoms with E-state index in [4.69, 9.17) is 9.73 Å². The van der Waals surface area contributed by atoms with Gasteiger partial charge in [-0.2, -0.15) is 0 Å². The van der Waals surface area contributed by atoms with E-state index in [0.29, 0.717) is 5.92 Å². The Morgan fingerprint density at radius 3 is 2.24 bits per heavy atom. The van der Waals surface area contributed by atoms with Gasteiger partial charge in [0.1, 0.15) is 11.6 Å². The van der Waals surface area contributed by atoms with Gasteiger partial charge in [0.05, 0.1) is 0 Å². The van der Waals surface area contributed by atoms with Crippen LogP contribution >= 0.6 is 0 Å². The van der Waals surface area contributed by atoms with Crippen molar-refractivity contribution in [1.82, 2.24) is 0 Å². The third-order valence-corrected chi connectivity index (χ3v) is 5.71. The third kappa shape index (κ3) is 3.49. The van der Waals surface area contributed by atoms with E-state index in [-0.39, 0.29) is 11.6 Å². The number of benzene rings is 2. The Hall–Kier alpha value is -2.09. The first-order valence-corrected chi connectivity index (χ1v) is 9.60. The summed E-state index contributed by atoms with van der Waals surface area (Å²) >= 11 is 0. The Morgan fingerprint density at radius 1 is 0.920 bits per heavy atom. The van der Waals surface area contributed by atoms with E-state index < -0.39 is 0 Å². The molecule has 25 heavy (non-hydrogen) atoms. The molecule has 1 fully saturated rings. The summed E-state index contributed by atoms with van der Waals surface area (Å²) in [5, 5.41) is 0. The molecule has 1 aliphatic carbocycles. The van der Waals surface area contributed by atoms with Crippen molar-refractivity contribution in [3.63, 3.8) is 0 Å². The maximum atomic E-state index is 6.52. The van der Waals surface area contributed by atoms with E-state index in [1.54, 1.807) is 0 Å². The van der Waals surface area contributed by atoms with Crippen molar-refractivity contribution in [3.05, 3.63) is 71.8 Å². The molecule has 2 aromatic rings. The zero-order valence-corrected chi connectivity index (χ0v) is 15.0. The molecule has 1 saturated carbocycles. The van der Waals surface area contributed by atoms with Crippen molar-refractivity contribution in [1.29, 1.82) is 0 Å². The van der Waals surface area contributed by atoms with E-state index in [1.807, 2.05) is 6.07 Å². The first-order valence-electron chi connectivity index (χ1n) is 9.60. The minimum Gasteiger partial charge on any atom is -0.471 e. The van der Waals surface area contributed by atoms with Crippen LogP contribution < -0.4 is 0 Å². The molecule has 0 aromatic heterocycles. The standard InChI is InChI=1S/C23H27NO/c1-23(17-18-11-5-2-6-12-18)21(19-13-7-3-8-14-19)25-22(24-23)20-15-9-4-10-16-20/h2,4-6,9-12,15-16,19,21H,3,7-8,13-14,17H2,1H3/t21-,23-/m0/s1. The molecular formula is C23H27NO. The minimum absolute atomic E-state index is 0.184. The molecule has 1 heterocycles. The Bertz CT molecular complexity index is 718. The minimum atomic E-state index is -0.186. The second kappa shape index (κ2) is 7.03. The number of nitrogens with zero attached hydrogens (tertiary/aromatic N) is 1. The zero-order chi connectivity index (χ0) is 17.1. The average molecular weight is 333 g/mol. The highest BCUT2D eigenvalue weighted by molar-refractivity contribution is 5.95. The molecule has 2 aliphatic rings. The smallest absolute Gasteiger partial charge is 0.217 e. The van der Waals surface area contributed by atoms with E-state index in [2.05, 4.69) is 61.5 Å². The van der Waals surface area contributed by atoms with Crippen LogP contribution in [0, 0.1) is 5.92 Å². The molecule has 2 nitrogen and oxygen atoms in total. The average Bonchev–Trinajstić information content (AvgIpc) is 3.01. The maximum absolute atomic E-state index is 6.52. The van der Waals surface area contributed by atoms with Crippen molar-refractivity contribution in [2.75, 3.05) is 0 Å². The first-order chi connectivity index (χ1) is 12.2. The van der Waals surface area contributed by atoms with Gasteiger partial charge < -0.3 is 4.74 Å². The SMILES string of the molecule is C[C@@]1(Cc2ccccc2)N=C(c2ccccc2)O[C@H]1C1CCCCC1. The summed E-state index contributed by atoms with van der Waals surface area (Å²) in [4.78, 5) is 5.14. The molecule has 2 heteroatoms. The fourth-order valence-electron chi connectivity index (χ4n) is 4.47. The van der Waals surface area contributed by atoms with Crippen molar-refractivity contribution in [2.45, 2.75) is 57.1 Å². The highest BCUT2D eigenvalue weighted by atomic mass is 16.5. The topological polar surface area (TPSA) is 21.6 Å². The van der Waals surface area contributed by atoms with Crippen LogP contribution in [0.4, 0.5) is 0 Å². The van der Waals surface area contributed by atoms with E-state index in [1.165, 1.54) is 37.7 Å². The number of aliphatic imine (C=N–C) groups is 1. The van der Waals surface area contributed by atoms with Crippen LogP contribution in [-0.4, -0.2) is 17.5 Å². The fourth-order valence-corrected chi connectivity index (χ4v) is 4.47. The number of ether oxygens (including phenoxy) is 1. The van der Waals surface area contributed by atoms with Gasteiger partial charge in [0, 0.05) is 12.0 Å². The van der Waals surface area contributed by atoms with Gasteiger partial charge in [-0.05, 0) is 43.4 Å².